The minimum Gasteiger partial charge on any atom is -0.549 e. The maximum Gasteiger partial charge on any atom is 2.00 e. The molecule has 0 aromatic heterocycles. The van der Waals surface area contributed by atoms with Crippen LogP contribution >= 0.6 is 0 Å². The Labute approximate surface area is 123 Å². The number of hydrogen-bond donors (Lipinski definition) is 0. The number of carboxylic acids is 2. The van der Waals surface area contributed by atoms with Crippen LogP contribution in [0, 0.1) is 11.8 Å². The van der Waals surface area contributed by atoms with Gasteiger partial charge >= 0.3 is 17.1 Å². The zero-order valence-electron chi connectivity index (χ0n) is 11.4. The van der Waals surface area contributed by atoms with Crippen LogP contribution in [-0.4, -0.2) is 23.5 Å². The van der Waals surface area contributed by atoms with Crippen LogP contribution in [-0.2, 0) is 36.2 Å². The Hall–Kier alpha value is -1.20. The molecule has 2 unspecified atom stereocenters. The molecule has 0 spiro atoms. The minimum absolute atomic E-state index is 0. The van der Waals surface area contributed by atoms with Crippen molar-refractivity contribution in [1.29, 1.82) is 0 Å². The molecule has 7 heteroatoms. The van der Waals surface area contributed by atoms with Crippen molar-refractivity contribution < 1.29 is 46.5 Å². The van der Waals surface area contributed by atoms with E-state index < -0.39 is 23.8 Å². The fourth-order valence-electron chi connectivity index (χ4n) is 1.24. The quantitative estimate of drug-likeness (QED) is 0.445. The van der Waals surface area contributed by atoms with E-state index in [1.54, 1.807) is 13.8 Å². The predicted molar refractivity (Wildman–Crippen MR) is 58.9 cm³/mol. The summed E-state index contributed by atoms with van der Waals surface area (Å²) in [5.41, 5.74) is 0. The van der Waals surface area contributed by atoms with Gasteiger partial charge in [0.1, 0.15) is 11.6 Å². The Kier molecular flexibility index (Phi) is 14.3. The van der Waals surface area contributed by atoms with Gasteiger partial charge in [-0.25, -0.2) is 0 Å². The van der Waals surface area contributed by atoms with Crippen LogP contribution in [0.2, 0.25) is 0 Å². The van der Waals surface area contributed by atoms with Gasteiger partial charge in [0.2, 0.25) is 0 Å². The van der Waals surface area contributed by atoms with Crippen molar-refractivity contribution in [2.24, 2.45) is 11.8 Å². The van der Waals surface area contributed by atoms with Gasteiger partial charge < -0.3 is 19.8 Å². The molecule has 0 aliphatic rings. The fraction of sp³-hybridized carbons (Fsp3) is 0.667. The number of carbonyl (C=O) groups excluding carboxylic acids is 4. The molecule has 6 nitrogen and oxygen atoms in total. The van der Waals surface area contributed by atoms with Gasteiger partial charge in [-0.3, -0.25) is 9.59 Å². The van der Waals surface area contributed by atoms with Crippen LogP contribution in [0.1, 0.15) is 40.5 Å². The van der Waals surface area contributed by atoms with Gasteiger partial charge in [-0.15, -0.1) is 0 Å². The first-order valence-electron chi connectivity index (χ1n) is 5.61. The molecular weight excluding hydrogens is 296 g/mol. The molecule has 0 saturated carbocycles. The molecule has 0 N–H and O–H groups in total. The van der Waals surface area contributed by atoms with E-state index in [0.717, 1.165) is 0 Å². The van der Waals surface area contributed by atoms with E-state index in [4.69, 9.17) is 0 Å². The first-order chi connectivity index (χ1) is 8.18. The number of carboxylic acid groups (broad SMARTS) is 2. The van der Waals surface area contributed by atoms with E-state index in [1.807, 2.05) is 0 Å². The monoisotopic (exact) mass is 314 g/mol. The second-order valence-corrected chi connectivity index (χ2v) is 3.78. The van der Waals surface area contributed by atoms with Gasteiger partial charge in [-0.2, -0.15) is 0 Å². The Bertz CT molecular complexity index is 266. The molecule has 2 atom stereocenters. The second-order valence-electron chi connectivity index (χ2n) is 3.78. The molecule has 0 aliphatic heterocycles. The SMILES string of the molecule is CCC(C(C)=O)C(=O)[O-].CCC(C(C)=O)C(=O)[O-].[Fe+2]. The van der Waals surface area contributed by atoms with Crippen molar-refractivity contribution >= 4 is 23.5 Å². The summed E-state index contributed by atoms with van der Waals surface area (Å²) >= 11 is 0. The largest absolute Gasteiger partial charge is 2.00 e. The summed E-state index contributed by atoms with van der Waals surface area (Å²) in [5, 5.41) is 20.1. The van der Waals surface area contributed by atoms with E-state index in [0.29, 0.717) is 12.8 Å². The molecule has 0 amide bonds. The van der Waals surface area contributed by atoms with Crippen molar-refractivity contribution in [3.8, 4) is 0 Å². The maximum atomic E-state index is 10.4. The third-order valence-electron chi connectivity index (χ3n) is 2.37. The van der Waals surface area contributed by atoms with Crippen molar-refractivity contribution in [2.75, 3.05) is 0 Å². The molecule has 0 heterocycles. The average molecular weight is 314 g/mol. The molecule has 0 saturated heterocycles. The van der Waals surface area contributed by atoms with Crippen molar-refractivity contribution in [3.05, 3.63) is 0 Å². The molecule has 0 fully saturated rings. The Balaban J connectivity index is -0.000000256. The van der Waals surface area contributed by atoms with E-state index in [2.05, 4.69) is 0 Å². The number of ketones is 2. The predicted octanol–water partition coefficient (Wildman–Crippen LogP) is -1.30. The standard InChI is InChI=1S/2C6H10O3.Fe/c2*1-3-5(4(2)7)6(8)9;/h2*5H,3H2,1-2H3,(H,8,9);/q;;+2/p-2. The molecule has 110 valence electrons. The second kappa shape index (κ2) is 11.9. The summed E-state index contributed by atoms with van der Waals surface area (Å²) in [4.78, 5) is 40.9. The molecular formula is C12H18FeO6. The van der Waals surface area contributed by atoms with Gasteiger partial charge in [-0.05, 0) is 26.7 Å². The third-order valence-corrected chi connectivity index (χ3v) is 2.37. The zero-order chi connectivity index (χ0) is 14.9. The summed E-state index contributed by atoms with van der Waals surface area (Å²) in [6.07, 6.45) is 0.634. The van der Waals surface area contributed by atoms with Crippen LogP contribution in [0.25, 0.3) is 0 Å². The number of rotatable bonds is 6. The number of Topliss-reactive ketones (excluding diaryl/α,β-unsaturated/α-hetero) is 2. The average Bonchev–Trinajstić information content (AvgIpc) is 2.17. The molecule has 0 radical (unpaired) electrons. The van der Waals surface area contributed by atoms with Gasteiger partial charge in [-0.1, -0.05) is 13.8 Å². The number of carbonyl (C=O) groups is 4. The Morgan fingerprint density at radius 3 is 1.00 bits per heavy atom. The topological polar surface area (TPSA) is 114 Å². The fourth-order valence-corrected chi connectivity index (χ4v) is 1.24. The van der Waals surface area contributed by atoms with Crippen LogP contribution < -0.4 is 10.2 Å². The van der Waals surface area contributed by atoms with Gasteiger partial charge in [0.15, 0.2) is 0 Å². The van der Waals surface area contributed by atoms with Crippen LogP contribution in [0.15, 0.2) is 0 Å². The number of aliphatic carboxylic acids is 2. The van der Waals surface area contributed by atoms with E-state index in [1.165, 1.54) is 13.8 Å². The zero-order valence-corrected chi connectivity index (χ0v) is 12.5. The first-order valence-corrected chi connectivity index (χ1v) is 5.61. The van der Waals surface area contributed by atoms with Crippen molar-refractivity contribution in [2.45, 2.75) is 40.5 Å². The Morgan fingerprint density at radius 2 is 1.00 bits per heavy atom. The van der Waals surface area contributed by atoms with Crippen molar-refractivity contribution in [3.63, 3.8) is 0 Å². The van der Waals surface area contributed by atoms with Crippen LogP contribution in [0.3, 0.4) is 0 Å². The Morgan fingerprint density at radius 1 is 0.789 bits per heavy atom. The normalized spacial score (nSPS) is 12.0. The van der Waals surface area contributed by atoms with E-state index in [9.17, 15) is 29.4 Å². The summed E-state index contributed by atoms with van der Waals surface area (Å²) < 4.78 is 0. The molecule has 0 aromatic carbocycles. The summed E-state index contributed by atoms with van der Waals surface area (Å²) in [6.45, 7) is 5.79. The van der Waals surface area contributed by atoms with E-state index in [-0.39, 0.29) is 28.6 Å². The molecule has 0 bridgehead atoms. The molecule has 0 aliphatic carbocycles. The minimum atomic E-state index is -1.27. The summed E-state index contributed by atoms with van der Waals surface area (Å²) in [6, 6.07) is 0. The summed E-state index contributed by atoms with van der Waals surface area (Å²) in [7, 11) is 0. The first kappa shape index (κ1) is 22.9. The smallest absolute Gasteiger partial charge is 0.549 e. The maximum absolute atomic E-state index is 10.4. The number of hydrogen-bond acceptors (Lipinski definition) is 6. The van der Waals surface area contributed by atoms with Gasteiger partial charge in [0.05, 0.1) is 23.8 Å². The third kappa shape index (κ3) is 10.4. The molecule has 19 heavy (non-hydrogen) atoms. The van der Waals surface area contributed by atoms with Crippen LogP contribution in [0.5, 0.6) is 0 Å². The molecule has 0 aromatic rings. The van der Waals surface area contributed by atoms with Gasteiger partial charge in [0.25, 0.3) is 0 Å². The van der Waals surface area contributed by atoms with Crippen LogP contribution in [0.4, 0.5) is 0 Å². The van der Waals surface area contributed by atoms with Gasteiger partial charge in [0, 0.05) is 0 Å². The molecule has 0 rings (SSSR count). The van der Waals surface area contributed by atoms with E-state index >= 15 is 0 Å². The van der Waals surface area contributed by atoms with Crippen molar-refractivity contribution in [1.82, 2.24) is 0 Å². The summed E-state index contributed by atoms with van der Waals surface area (Å²) in [5.74, 6) is -5.04.